The zero-order valence-electron chi connectivity index (χ0n) is 11.2. The molecule has 1 saturated heterocycles. The van der Waals surface area contributed by atoms with E-state index in [0.717, 1.165) is 19.1 Å². The van der Waals surface area contributed by atoms with E-state index in [0.29, 0.717) is 6.04 Å². The molecule has 1 aliphatic heterocycles. The number of nitrogens with one attached hydrogen (secondary N) is 1. The minimum absolute atomic E-state index is 0.668. The van der Waals surface area contributed by atoms with Crippen molar-refractivity contribution in [2.75, 3.05) is 39.9 Å². The van der Waals surface area contributed by atoms with Crippen molar-refractivity contribution in [2.45, 2.75) is 39.2 Å². The molecule has 0 aromatic heterocycles. The Labute approximate surface area is 101 Å². The number of rotatable bonds is 8. The maximum atomic E-state index is 5.23. The third kappa shape index (κ3) is 4.81. The molecule has 0 amide bonds. The predicted octanol–water partition coefficient (Wildman–Crippen LogP) is 1.73. The summed E-state index contributed by atoms with van der Waals surface area (Å²) in [5.74, 6) is 0.758. The minimum Gasteiger partial charge on any atom is -0.384 e. The Morgan fingerprint density at radius 2 is 2.25 bits per heavy atom. The van der Waals surface area contributed by atoms with Crippen molar-refractivity contribution >= 4 is 0 Å². The fourth-order valence-electron chi connectivity index (χ4n) is 2.45. The standard InChI is InChI=1S/C13H28N2O/c1-4-7-14-13(5-2)10-15-8-6-12(9-15)11-16-3/h12-14H,4-11H2,1-3H3. The quantitative estimate of drug-likeness (QED) is 0.685. The number of hydrogen-bond donors (Lipinski definition) is 1. The molecule has 0 saturated carbocycles. The maximum absolute atomic E-state index is 5.23. The van der Waals surface area contributed by atoms with Crippen LogP contribution in [0.15, 0.2) is 0 Å². The molecule has 0 bridgehead atoms. The molecule has 16 heavy (non-hydrogen) atoms. The highest BCUT2D eigenvalue weighted by molar-refractivity contribution is 4.79. The lowest BCUT2D eigenvalue weighted by atomic mass is 10.1. The van der Waals surface area contributed by atoms with E-state index in [1.54, 1.807) is 7.11 Å². The largest absolute Gasteiger partial charge is 0.384 e. The lowest BCUT2D eigenvalue weighted by molar-refractivity contribution is 0.152. The van der Waals surface area contributed by atoms with E-state index in [9.17, 15) is 0 Å². The Morgan fingerprint density at radius 1 is 1.44 bits per heavy atom. The molecular weight excluding hydrogens is 200 g/mol. The van der Waals surface area contributed by atoms with E-state index in [2.05, 4.69) is 24.1 Å². The average molecular weight is 228 g/mol. The van der Waals surface area contributed by atoms with Crippen LogP contribution in [0.3, 0.4) is 0 Å². The normalized spacial score (nSPS) is 23.8. The molecule has 1 N–H and O–H groups in total. The molecular formula is C13H28N2O. The second-order valence-electron chi connectivity index (χ2n) is 4.93. The molecule has 0 aromatic rings. The lowest BCUT2D eigenvalue weighted by Gasteiger charge is -2.23. The van der Waals surface area contributed by atoms with Gasteiger partial charge < -0.3 is 15.0 Å². The average Bonchev–Trinajstić information content (AvgIpc) is 2.72. The molecule has 0 spiro atoms. The van der Waals surface area contributed by atoms with Gasteiger partial charge in [0.1, 0.15) is 0 Å². The van der Waals surface area contributed by atoms with Crippen molar-refractivity contribution in [3.8, 4) is 0 Å². The first kappa shape index (κ1) is 13.9. The monoisotopic (exact) mass is 228 g/mol. The van der Waals surface area contributed by atoms with Gasteiger partial charge in [-0.3, -0.25) is 0 Å². The third-order valence-electron chi connectivity index (χ3n) is 3.43. The van der Waals surface area contributed by atoms with E-state index in [1.165, 1.54) is 38.9 Å². The molecule has 0 radical (unpaired) electrons. The van der Waals surface area contributed by atoms with Crippen LogP contribution >= 0.6 is 0 Å². The zero-order valence-corrected chi connectivity index (χ0v) is 11.2. The number of methoxy groups -OCH3 is 1. The Bertz CT molecular complexity index is 175. The van der Waals surface area contributed by atoms with Crippen LogP contribution in [0.25, 0.3) is 0 Å². The van der Waals surface area contributed by atoms with Crippen LogP contribution in [0.5, 0.6) is 0 Å². The van der Waals surface area contributed by atoms with E-state index in [4.69, 9.17) is 4.74 Å². The van der Waals surface area contributed by atoms with Gasteiger partial charge in [0.05, 0.1) is 6.61 Å². The summed E-state index contributed by atoms with van der Waals surface area (Å²) in [7, 11) is 1.81. The van der Waals surface area contributed by atoms with E-state index in [1.807, 2.05) is 0 Å². The second-order valence-corrected chi connectivity index (χ2v) is 4.93. The van der Waals surface area contributed by atoms with E-state index in [-0.39, 0.29) is 0 Å². The predicted molar refractivity (Wildman–Crippen MR) is 68.8 cm³/mol. The van der Waals surface area contributed by atoms with Gasteiger partial charge in [0.15, 0.2) is 0 Å². The fraction of sp³-hybridized carbons (Fsp3) is 1.00. The topological polar surface area (TPSA) is 24.5 Å². The summed E-state index contributed by atoms with van der Waals surface area (Å²) in [6, 6.07) is 0.668. The molecule has 0 aromatic carbocycles. The van der Waals surface area contributed by atoms with Gasteiger partial charge in [-0.05, 0) is 38.3 Å². The second kappa shape index (κ2) is 8.04. The van der Waals surface area contributed by atoms with Gasteiger partial charge in [-0.2, -0.15) is 0 Å². The zero-order chi connectivity index (χ0) is 11.8. The smallest absolute Gasteiger partial charge is 0.0503 e. The van der Waals surface area contributed by atoms with Gasteiger partial charge in [-0.15, -0.1) is 0 Å². The maximum Gasteiger partial charge on any atom is 0.0503 e. The highest BCUT2D eigenvalue weighted by atomic mass is 16.5. The first-order valence-corrected chi connectivity index (χ1v) is 6.74. The molecule has 2 unspecified atom stereocenters. The van der Waals surface area contributed by atoms with Crippen molar-refractivity contribution in [3.63, 3.8) is 0 Å². The number of hydrogen-bond acceptors (Lipinski definition) is 3. The molecule has 3 nitrogen and oxygen atoms in total. The first-order valence-electron chi connectivity index (χ1n) is 6.74. The van der Waals surface area contributed by atoms with Gasteiger partial charge in [0.2, 0.25) is 0 Å². The van der Waals surface area contributed by atoms with Crippen LogP contribution in [0.1, 0.15) is 33.1 Å². The van der Waals surface area contributed by atoms with Gasteiger partial charge in [0, 0.05) is 26.2 Å². The van der Waals surface area contributed by atoms with Gasteiger partial charge in [-0.25, -0.2) is 0 Å². The van der Waals surface area contributed by atoms with Crippen LogP contribution in [0.2, 0.25) is 0 Å². The SMILES string of the molecule is CCCNC(CC)CN1CCC(COC)C1. The molecule has 1 heterocycles. The Hall–Kier alpha value is -0.120. The molecule has 96 valence electrons. The Balaban J connectivity index is 2.20. The fourth-order valence-corrected chi connectivity index (χ4v) is 2.45. The summed E-state index contributed by atoms with van der Waals surface area (Å²) in [6.45, 7) is 10.2. The van der Waals surface area contributed by atoms with Crippen molar-refractivity contribution in [2.24, 2.45) is 5.92 Å². The van der Waals surface area contributed by atoms with Crippen LogP contribution in [0, 0.1) is 5.92 Å². The molecule has 1 fully saturated rings. The minimum atomic E-state index is 0.668. The van der Waals surface area contributed by atoms with E-state index < -0.39 is 0 Å². The summed E-state index contributed by atoms with van der Waals surface area (Å²) in [4.78, 5) is 2.58. The van der Waals surface area contributed by atoms with Crippen molar-refractivity contribution in [3.05, 3.63) is 0 Å². The molecule has 1 aliphatic rings. The third-order valence-corrected chi connectivity index (χ3v) is 3.43. The highest BCUT2D eigenvalue weighted by Crippen LogP contribution is 2.16. The Morgan fingerprint density at radius 3 is 2.88 bits per heavy atom. The summed E-state index contributed by atoms with van der Waals surface area (Å²) in [5, 5.41) is 3.62. The molecule has 0 aliphatic carbocycles. The Kier molecular flexibility index (Phi) is 7.01. The van der Waals surface area contributed by atoms with Crippen LogP contribution in [-0.4, -0.2) is 50.8 Å². The van der Waals surface area contributed by atoms with E-state index >= 15 is 0 Å². The molecule has 1 rings (SSSR count). The van der Waals surface area contributed by atoms with Crippen LogP contribution < -0.4 is 5.32 Å². The molecule has 3 heteroatoms. The number of likely N-dealkylation sites (tertiary alicyclic amines) is 1. The van der Waals surface area contributed by atoms with Crippen molar-refractivity contribution in [1.29, 1.82) is 0 Å². The number of nitrogens with zero attached hydrogens (tertiary/aromatic N) is 1. The van der Waals surface area contributed by atoms with Crippen molar-refractivity contribution < 1.29 is 4.74 Å². The summed E-state index contributed by atoms with van der Waals surface area (Å²) >= 11 is 0. The van der Waals surface area contributed by atoms with Gasteiger partial charge in [0.25, 0.3) is 0 Å². The van der Waals surface area contributed by atoms with Gasteiger partial charge >= 0.3 is 0 Å². The highest BCUT2D eigenvalue weighted by Gasteiger charge is 2.23. The first-order chi connectivity index (χ1) is 7.80. The molecule has 2 atom stereocenters. The van der Waals surface area contributed by atoms with Crippen LogP contribution in [0.4, 0.5) is 0 Å². The lowest BCUT2D eigenvalue weighted by Crippen LogP contribution is -2.40. The van der Waals surface area contributed by atoms with Gasteiger partial charge in [-0.1, -0.05) is 13.8 Å². The summed E-state index contributed by atoms with van der Waals surface area (Å²) in [5.41, 5.74) is 0. The van der Waals surface area contributed by atoms with Crippen molar-refractivity contribution in [1.82, 2.24) is 10.2 Å². The summed E-state index contributed by atoms with van der Waals surface area (Å²) < 4.78 is 5.23. The summed E-state index contributed by atoms with van der Waals surface area (Å²) in [6.07, 6.45) is 3.76. The van der Waals surface area contributed by atoms with Crippen LogP contribution in [-0.2, 0) is 4.74 Å². The number of ether oxygens (including phenoxy) is 1.